The summed E-state index contributed by atoms with van der Waals surface area (Å²) in [6.07, 6.45) is 1.39. The highest BCUT2D eigenvalue weighted by Crippen LogP contribution is 2.20. The van der Waals surface area contributed by atoms with Gasteiger partial charge in [-0.2, -0.15) is 0 Å². The lowest BCUT2D eigenvalue weighted by molar-refractivity contribution is -0.116. The molecular weight excluding hydrogens is 350 g/mol. The Morgan fingerprint density at radius 3 is 2.38 bits per heavy atom. The van der Waals surface area contributed by atoms with Crippen molar-refractivity contribution in [3.8, 4) is 11.3 Å². The molecule has 132 valence electrons. The van der Waals surface area contributed by atoms with Crippen LogP contribution in [0.4, 0.5) is 5.69 Å². The number of aryl methyl sites for hydroxylation is 2. The van der Waals surface area contributed by atoms with E-state index in [1.807, 2.05) is 32.0 Å². The molecule has 2 aromatic carbocycles. The Bertz CT molecular complexity index is 990. The molecule has 1 amide bonds. The molecule has 0 radical (unpaired) electrons. The number of aromatic nitrogens is 2. The number of para-hydroxylation sites is 1. The van der Waals surface area contributed by atoms with Crippen molar-refractivity contribution in [1.29, 1.82) is 0 Å². The highest BCUT2D eigenvalue weighted by atomic mass is 35.5. The van der Waals surface area contributed by atoms with Crippen molar-refractivity contribution in [2.24, 2.45) is 0 Å². The summed E-state index contributed by atoms with van der Waals surface area (Å²) in [4.78, 5) is 28.9. The van der Waals surface area contributed by atoms with Gasteiger partial charge >= 0.3 is 0 Å². The lowest BCUT2D eigenvalue weighted by Gasteiger charge is -2.12. The van der Waals surface area contributed by atoms with Crippen LogP contribution >= 0.6 is 11.6 Å². The van der Waals surface area contributed by atoms with Gasteiger partial charge in [0.05, 0.1) is 12.0 Å². The van der Waals surface area contributed by atoms with E-state index in [4.69, 9.17) is 11.6 Å². The Hall–Kier alpha value is -2.92. The minimum Gasteiger partial charge on any atom is -0.324 e. The zero-order valence-corrected chi connectivity index (χ0v) is 15.2. The number of nitrogens with zero attached hydrogens (tertiary/aromatic N) is 2. The maximum Gasteiger partial charge on any atom is 0.254 e. The normalized spacial score (nSPS) is 10.6. The van der Waals surface area contributed by atoms with Gasteiger partial charge in [-0.1, -0.05) is 41.9 Å². The first-order valence-electron chi connectivity index (χ1n) is 8.12. The maximum absolute atomic E-state index is 12.3. The molecule has 0 atom stereocenters. The Kier molecular flexibility index (Phi) is 5.19. The number of amides is 1. The van der Waals surface area contributed by atoms with E-state index >= 15 is 0 Å². The zero-order valence-electron chi connectivity index (χ0n) is 14.5. The van der Waals surface area contributed by atoms with Crippen molar-refractivity contribution >= 4 is 23.2 Å². The fraction of sp³-hybridized carbons (Fsp3) is 0.150. The topological polar surface area (TPSA) is 64.0 Å². The monoisotopic (exact) mass is 367 g/mol. The lowest BCUT2D eigenvalue weighted by atomic mass is 10.1. The number of carbonyl (C=O) groups excluding carboxylic acids is 1. The number of rotatable bonds is 4. The number of nitrogens with one attached hydrogen (secondary N) is 1. The maximum atomic E-state index is 12.3. The van der Waals surface area contributed by atoms with Gasteiger partial charge in [0, 0.05) is 22.3 Å². The van der Waals surface area contributed by atoms with Gasteiger partial charge in [0.1, 0.15) is 6.54 Å². The molecule has 1 N–H and O–H groups in total. The molecule has 3 aromatic rings. The Morgan fingerprint density at radius 2 is 1.77 bits per heavy atom. The lowest BCUT2D eigenvalue weighted by Crippen LogP contribution is -2.27. The summed E-state index contributed by atoms with van der Waals surface area (Å²) in [6.45, 7) is 3.76. The summed E-state index contributed by atoms with van der Waals surface area (Å²) >= 11 is 5.87. The summed E-state index contributed by atoms with van der Waals surface area (Å²) in [5.74, 6) is -0.273. The van der Waals surface area contributed by atoms with Crippen LogP contribution in [0, 0.1) is 13.8 Å². The van der Waals surface area contributed by atoms with Crippen LogP contribution in [-0.2, 0) is 11.3 Å². The van der Waals surface area contributed by atoms with Gasteiger partial charge in [0.25, 0.3) is 5.56 Å². The fourth-order valence-corrected chi connectivity index (χ4v) is 2.79. The van der Waals surface area contributed by atoms with Gasteiger partial charge in [-0.25, -0.2) is 4.98 Å². The summed E-state index contributed by atoms with van der Waals surface area (Å²) in [5, 5.41) is 3.48. The minimum atomic E-state index is -0.290. The van der Waals surface area contributed by atoms with Crippen molar-refractivity contribution in [3.05, 3.63) is 81.4 Å². The Labute approximate surface area is 156 Å². The number of hydrogen-bond acceptors (Lipinski definition) is 3. The highest BCUT2D eigenvalue weighted by molar-refractivity contribution is 6.30. The molecule has 0 unspecified atom stereocenters. The first-order valence-corrected chi connectivity index (χ1v) is 8.50. The standard InChI is InChI=1S/C20H18ClN3O2/c1-13-4-3-5-14(2)20(13)23-18(25)11-24-12-22-17(10-19(24)26)15-6-8-16(21)9-7-15/h3-10,12H,11H2,1-2H3,(H,23,25). The highest BCUT2D eigenvalue weighted by Gasteiger charge is 2.10. The van der Waals surface area contributed by atoms with E-state index in [-0.39, 0.29) is 18.0 Å². The van der Waals surface area contributed by atoms with Gasteiger partial charge < -0.3 is 5.32 Å². The van der Waals surface area contributed by atoms with E-state index in [2.05, 4.69) is 10.3 Å². The van der Waals surface area contributed by atoms with Crippen molar-refractivity contribution in [2.75, 3.05) is 5.32 Å². The van der Waals surface area contributed by atoms with Crippen LogP contribution in [0.15, 0.2) is 59.7 Å². The quantitative estimate of drug-likeness (QED) is 0.762. The van der Waals surface area contributed by atoms with E-state index < -0.39 is 0 Å². The Morgan fingerprint density at radius 1 is 1.12 bits per heavy atom. The molecule has 0 saturated heterocycles. The van der Waals surface area contributed by atoms with Gasteiger partial charge in [0.15, 0.2) is 0 Å². The number of hydrogen-bond donors (Lipinski definition) is 1. The Balaban J connectivity index is 1.77. The molecule has 3 rings (SSSR count). The molecule has 0 aliphatic rings. The van der Waals surface area contributed by atoms with E-state index in [0.717, 1.165) is 22.4 Å². The van der Waals surface area contributed by atoms with Crippen LogP contribution in [-0.4, -0.2) is 15.5 Å². The predicted molar refractivity (Wildman–Crippen MR) is 103 cm³/mol. The summed E-state index contributed by atoms with van der Waals surface area (Å²) < 4.78 is 1.28. The van der Waals surface area contributed by atoms with Crippen LogP contribution < -0.4 is 10.9 Å². The number of anilines is 1. The smallest absolute Gasteiger partial charge is 0.254 e. The van der Waals surface area contributed by atoms with E-state index in [9.17, 15) is 9.59 Å². The van der Waals surface area contributed by atoms with Gasteiger partial charge in [0.2, 0.25) is 5.91 Å². The number of benzene rings is 2. The van der Waals surface area contributed by atoms with Gasteiger partial charge in [-0.05, 0) is 37.1 Å². The molecule has 1 aromatic heterocycles. The summed E-state index contributed by atoms with van der Waals surface area (Å²) in [5.41, 5.74) is 3.76. The largest absolute Gasteiger partial charge is 0.324 e. The molecule has 6 heteroatoms. The van der Waals surface area contributed by atoms with Crippen LogP contribution in [0.5, 0.6) is 0 Å². The third kappa shape index (κ3) is 4.00. The number of carbonyl (C=O) groups is 1. The van der Waals surface area contributed by atoms with Crippen LogP contribution in [0.1, 0.15) is 11.1 Å². The van der Waals surface area contributed by atoms with Crippen LogP contribution in [0.2, 0.25) is 5.02 Å². The second-order valence-corrected chi connectivity index (χ2v) is 6.50. The average molecular weight is 368 g/mol. The van der Waals surface area contributed by atoms with Crippen LogP contribution in [0.3, 0.4) is 0 Å². The third-order valence-electron chi connectivity index (χ3n) is 4.08. The third-order valence-corrected chi connectivity index (χ3v) is 4.33. The second-order valence-electron chi connectivity index (χ2n) is 6.06. The predicted octanol–water partition coefficient (Wildman–Crippen LogP) is 3.82. The average Bonchev–Trinajstić information content (AvgIpc) is 2.61. The van der Waals surface area contributed by atoms with Crippen molar-refractivity contribution < 1.29 is 4.79 Å². The van der Waals surface area contributed by atoms with Crippen LogP contribution in [0.25, 0.3) is 11.3 Å². The van der Waals surface area contributed by atoms with Crippen molar-refractivity contribution in [2.45, 2.75) is 20.4 Å². The molecule has 0 aliphatic heterocycles. The zero-order chi connectivity index (χ0) is 18.7. The van der Waals surface area contributed by atoms with Gasteiger partial charge in [-0.3, -0.25) is 14.2 Å². The first-order chi connectivity index (χ1) is 12.4. The molecule has 0 bridgehead atoms. The van der Waals surface area contributed by atoms with E-state index in [1.165, 1.54) is 17.0 Å². The van der Waals surface area contributed by atoms with E-state index in [1.54, 1.807) is 24.3 Å². The molecule has 0 saturated carbocycles. The van der Waals surface area contributed by atoms with E-state index in [0.29, 0.717) is 10.7 Å². The second kappa shape index (κ2) is 7.54. The molecule has 26 heavy (non-hydrogen) atoms. The molecule has 5 nitrogen and oxygen atoms in total. The van der Waals surface area contributed by atoms with Crippen molar-refractivity contribution in [1.82, 2.24) is 9.55 Å². The molecular formula is C20H18ClN3O2. The minimum absolute atomic E-state index is 0.0967. The molecule has 1 heterocycles. The molecule has 0 aliphatic carbocycles. The molecule has 0 spiro atoms. The van der Waals surface area contributed by atoms with Crippen molar-refractivity contribution in [3.63, 3.8) is 0 Å². The SMILES string of the molecule is Cc1cccc(C)c1NC(=O)Cn1cnc(-c2ccc(Cl)cc2)cc1=O. The summed E-state index contributed by atoms with van der Waals surface area (Å²) in [7, 11) is 0. The fourth-order valence-electron chi connectivity index (χ4n) is 2.67. The number of halogens is 1. The molecule has 0 fully saturated rings. The van der Waals surface area contributed by atoms with Gasteiger partial charge in [-0.15, -0.1) is 0 Å². The first kappa shape index (κ1) is 17.9. The summed E-state index contributed by atoms with van der Waals surface area (Å²) in [6, 6.07) is 14.3.